The van der Waals surface area contributed by atoms with E-state index in [1.807, 2.05) is 13.8 Å². The molecule has 0 aromatic rings. The lowest BCUT2D eigenvalue weighted by Gasteiger charge is -2.16. The Kier molecular flexibility index (Phi) is 3.68. The molecule has 1 heterocycles. The van der Waals surface area contributed by atoms with E-state index in [1.165, 1.54) is 5.57 Å². The van der Waals surface area contributed by atoms with Gasteiger partial charge in [0.2, 0.25) is 0 Å². The molecule has 0 unspecified atom stereocenters. The average Bonchev–Trinajstić information content (AvgIpc) is 2.04. The van der Waals surface area contributed by atoms with Gasteiger partial charge in [0.25, 0.3) is 0 Å². The highest BCUT2D eigenvalue weighted by atomic mass is 15.1. The number of nitrogens with one attached hydrogen (secondary N) is 1. The summed E-state index contributed by atoms with van der Waals surface area (Å²) in [5.41, 5.74) is 1.32. The van der Waals surface area contributed by atoms with E-state index in [0.29, 0.717) is 0 Å². The van der Waals surface area contributed by atoms with Gasteiger partial charge in [0.1, 0.15) is 11.7 Å². The fourth-order valence-electron chi connectivity index (χ4n) is 1.32. The molecule has 0 aromatic heterocycles. The van der Waals surface area contributed by atoms with Crippen LogP contribution >= 0.6 is 0 Å². The van der Waals surface area contributed by atoms with Crippen molar-refractivity contribution < 1.29 is 0 Å². The molecule has 0 amide bonds. The fraction of sp³-hybridized carbons (Fsp3) is 0.600. The second-order valence-corrected chi connectivity index (χ2v) is 3.07. The van der Waals surface area contributed by atoms with Crippen molar-refractivity contribution in [3.8, 4) is 0 Å². The molecule has 1 aliphatic rings. The molecule has 0 aliphatic carbocycles. The van der Waals surface area contributed by atoms with Crippen LogP contribution in [0.3, 0.4) is 0 Å². The van der Waals surface area contributed by atoms with Crippen molar-refractivity contribution in [2.45, 2.75) is 27.2 Å². The first kappa shape index (κ1) is 9.96. The third kappa shape index (κ3) is 3.01. The van der Waals surface area contributed by atoms with Crippen molar-refractivity contribution in [2.75, 3.05) is 13.1 Å². The van der Waals surface area contributed by atoms with Crippen molar-refractivity contribution in [1.82, 2.24) is 5.32 Å². The highest BCUT2D eigenvalue weighted by Crippen LogP contribution is 2.06. The highest BCUT2D eigenvalue weighted by Gasteiger charge is 2.09. The first-order valence-corrected chi connectivity index (χ1v) is 4.78. The molecule has 13 heavy (non-hydrogen) atoms. The molecule has 0 atom stereocenters. The minimum atomic E-state index is 0.811. The van der Waals surface area contributed by atoms with Gasteiger partial charge in [-0.2, -0.15) is 0 Å². The maximum absolute atomic E-state index is 4.35. The van der Waals surface area contributed by atoms with Crippen molar-refractivity contribution in [1.29, 1.82) is 0 Å². The zero-order valence-electron chi connectivity index (χ0n) is 8.59. The summed E-state index contributed by atoms with van der Waals surface area (Å²) in [7, 11) is 0. The Balaban J connectivity index is 2.77. The van der Waals surface area contributed by atoms with Gasteiger partial charge in [-0.1, -0.05) is 5.57 Å². The molecule has 72 valence electrons. The van der Waals surface area contributed by atoms with Gasteiger partial charge < -0.3 is 5.32 Å². The van der Waals surface area contributed by atoms with Gasteiger partial charge in [0, 0.05) is 19.5 Å². The van der Waals surface area contributed by atoms with E-state index in [0.717, 1.165) is 31.2 Å². The molecule has 0 fully saturated rings. The Bertz CT molecular complexity index is 261. The molecule has 1 rings (SSSR count). The maximum atomic E-state index is 4.35. The summed E-state index contributed by atoms with van der Waals surface area (Å²) < 4.78 is 0. The largest absolute Gasteiger partial charge is 0.329 e. The SMILES string of the molecule is CCN=C1C=C(C)CC(=NCC)N1. The summed E-state index contributed by atoms with van der Waals surface area (Å²) in [5, 5.41) is 3.21. The second kappa shape index (κ2) is 4.80. The summed E-state index contributed by atoms with van der Waals surface area (Å²) in [4.78, 5) is 8.67. The maximum Gasteiger partial charge on any atom is 0.126 e. The average molecular weight is 179 g/mol. The van der Waals surface area contributed by atoms with Crippen LogP contribution in [0.4, 0.5) is 0 Å². The van der Waals surface area contributed by atoms with Crippen molar-refractivity contribution in [2.24, 2.45) is 9.98 Å². The third-order valence-corrected chi connectivity index (χ3v) is 1.78. The van der Waals surface area contributed by atoms with E-state index in [1.54, 1.807) is 0 Å². The lowest BCUT2D eigenvalue weighted by molar-refractivity contribution is 1.03. The Hall–Kier alpha value is -1.12. The second-order valence-electron chi connectivity index (χ2n) is 3.07. The summed E-state index contributed by atoms with van der Waals surface area (Å²) in [6, 6.07) is 0. The molecule has 0 saturated carbocycles. The predicted molar refractivity (Wildman–Crippen MR) is 57.5 cm³/mol. The molecule has 0 saturated heterocycles. The predicted octanol–water partition coefficient (Wildman–Crippen LogP) is 1.76. The number of rotatable bonds is 2. The summed E-state index contributed by atoms with van der Waals surface area (Å²) in [6.07, 6.45) is 3.01. The van der Waals surface area contributed by atoms with Crippen molar-refractivity contribution >= 4 is 11.7 Å². The van der Waals surface area contributed by atoms with Crippen LogP contribution in [0.1, 0.15) is 27.2 Å². The highest BCUT2D eigenvalue weighted by molar-refractivity contribution is 6.09. The monoisotopic (exact) mass is 179 g/mol. The smallest absolute Gasteiger partial charge is 0.126 e. The van der Waals surface area contributed by atoms with E-state index in [9.17, 15) is 0 Å². The van der Waals surface area contributed by atoms with Gasteiger partial charge in [0.05, 0.1) is 0 Å². The quantitative estimate of drug-likeness (QED) is 0.689. The van der Waals surface area contributed by atoms with Crippen LogP contribution in [-0.2, 0) is 0 Å². The zero-order chi connectivity index (χ0) is 9.68. The molecular formula is C10H17N3. The van der Waals surface area contributed by atoms with E-state index in [-0.39, 0.29) is 0 Å². The summed E-state index contributed by atoms with van der Waals surface area (Å²) in [5.74, 6) is 1.98. The fourth-order valence-corrected chi connectivity index (χ4v) is 1.32. The molecule has 0 bridgehead atoms. The van der Waals surface area contributed by atoms with E-state index in [2.05, 4.69) is 28.3 Å². The molecule has 0 spiro atoms. The first-order valence-electron chi connectivity index (χ1n) is 4.78. The number of aliphatic imine (C=N–C) groups is 2. The molecule has 0 radical (unpaired) electrons. The van der Waals surface area contributed by atoms with Crippen LogP contribution in [0.2, 0.25) is 0 Å². The number of hydrogen-bond acceptors (Lipinski definition) is 2. The van der Waals surface area contributed by atoms with Gasteiger partial charge in [-0.3, -0.25) is 9.98 Å². The first-order chi connectivity index (χ1) is 6.26. The van der Waals surface area contributed by atoms with Crippen LogP contribution < -0.4 is 5.32 Å². The van der Waals surface area contributed by atoms with Crippen LogP contribution in [-0.4, -0.2) is 24.8 Å². The van der Waals surface area contributed by atoms with Crippen LogP contribution in [0.15, 0.2) is 21.6 Å². The van der Waals surface area contributed by atoms with E-state index in [4.69, 9.17) is 0 Å². The molecule has 1 aliphatic heterocycles. The van der Waals surface area contributed by atoms with Gasteiger partial charge >= 0.3 is 0 Å². The number of nitrogens with zero attached hydrogens (tertiary/aromatic N) is 2. The summed E-state index contributed by atoms with van der Waals surface area (Å²) in [6.45, 7) is 7.82. The van der Waals surface area contributed by atoms with Gasteiger partial charge in [-0.05, 0) is 26.8 Å². The van der Waals surface area contributed by atoms with Crippen LogP contribution in [0.5, 0.6) is 0 Å². The zero-order valence-corrected chi connectivity index (χ0v) is 8.59. The Morgan fingerprint density at radius 3 is 2.62 bits per heavy atom. The number of amidine groups is 2. The van der Waals surface area contributed by atoms with Gasteiger partial charge in [0.15, 0.2) is 0 Å². The van der Waals surface area contributed by atoms with Gasteiger partial charge in [-0.25, -0.2) is 0 Å². The van der Waals surface area contributed by atoms with Crippen LogP contribution in [0, 0.1) is 0 Å². The minimum absolute atomic E-state index is 0.811. The summed E-state index contributed by atoms with van der Waals surface area (Å²) >= 11 is 0. The molecule has 1 N–H and O–H groups in total. The third-order valence-electron chi connectivity index (χ3n) is 1.78. The number of hydrogen-bond donors (Lipinski definition) is 1. The van der Waals surface area contributed by atoms with Crippen LogP contribution in [0.25, 0.3) is 0 Å². The molecule has 0 aromatic carbocycles. The normalized spacial score (nSPS) is 23.2. The van der Waals surface area contributed by atoms with E-state index >= 15 is 0 Å². The van der Waals surface area contributed by atoms with E-state index < -0.39 is 0 Å². The Morgan fingerprint density at radius 1 is 1.31 bits per heavy atom. The molecular weight excluding hydrogens is 162 g/mol. The standard InChI is InChI=1S/C10H17N3/c1-4-11-9-6-8(3)7-10(13-9)12-5-2/h6H,4-5,7H2,1-3H3,(H,11,12,13). The Morgan fingerprint density at radius 2 is 2.00 bits per heavy atom. The van der Waals surface area contributed by atoms with Crippen molar-refractivity contribution in [3.05, 3.63) is 11.6 Å². The van der Waals surface area contributed by atoms with Crippen molar-refractivity contribution in [3.63, 3.8) is 0 Å². The Labute approximate surface area is 79.7 Å². The lowest BCUT2D eigenvalue weighted by Crippen LogP contribution is -2.33. The topological polar surface area (TPSA) is 36.8 Å². The molecule has 3 nitrogen and oxygen atoms in total. The molecule has 3 heteroatoms. The lowest BCUT2D eigenvalue weighted by atomic mass is 10.1. The minimum Gasteiger partial charge on any atom is -0.329 e. The van der Waals surface area contributed by atoms with Gasteiger partial charge in [-0.15, -0.1) is 0 Å².